The third-order valence-electron chi connectivity index (χ3n) is 2.99. The molecule has 1 heterocycles. The maximum Gasteiger partial charge on any atom is 0.287 e. The molecular weight excluding hydrogens is 200 g/mol. The number of aliphatic hydroxyl groups is 3. The topological polar surface area (TPSA) is 85.5 Å². The first-order valence-corrected chi connectivity index (χ1v) is 4.95. The molecule has 0 amide bonds. The molecule has 0 bridgehead atoms. The summed E-state index contributed by atoms with van der Waals surface area (Å²) in [6.07, 6.45) is -2.33. The highest BCUT2D eigenvalue weighted by atomic mass is 16.5. The Balaban J connectivity index is 2.19. The molecule has 0 aromatic rings. The summed E-state index contributed by atoms with van der Waals surface area (Å²) in [5.41, 5.74) is 0. The normalized spacial score (nSPS) is 43.5. The maximum absolute atomic E-state index is 9.70. The van der Waals surface area contributed by atoms with Crippen LogP contribution in [0.15, 0.2) is 4.99 Å². The van der Waals surface area contributed by atoms with Crippen molar-refractivity contribution in [3.8, 4) is 0 Å². The Hall–Kier alpha value is -0.850. The zero-order valence-corrected chi connectivity index (χ0v) is 8.74. The highest BCUT2D eigenvalue weighted by Crippen LogP contribution is 2.35. The van der Waals surface area contributed by atoms with Crippen LogP contribution in [0.5, 0.6) is 0 Å². The number of nitrogens with zero attached hydrogens (tertiary/aromatic N) is 2. The first-order valence-electron chi connectivity index (χ1n) is 4.95. The smallest absolute Gasteiger partial charge is 0.287 e. The van der Waals surface area contributed by atoms with Crippen molar-refractivity contribution in [3.63, 3.8) is 0 Å². The second-order valence-electron chi connectivity index (χ2n) is 4.21. The molecule has 2 aliphatic rings. The number of rotatable bonds is 1. The molecule has 1 fully saturated rings. The van der Waals surface area contributed by atoms with Gasteiger partial charge in [0.25, 0.3) is 6.02 Å². The monoisotopic (exact) mass is 216 g/mol. The molecule has 0 radical (unpaired) electrons. The van der Waals surface area contributed by atoms with E-state index < -0.39 is 30.3 Å². The van der Waals surface area contributed by atoms with E-state index in [1.54, 1.807) is 19.0 Å². The molecule has 5 atom stereocenters. The van der Waals surface area contributed by atoms with Crippen molar-refractivity contribution in [1.82, 2.24) is 4.90 Å². The second-order valence-corrected chi connectivity index (χ2v) is 4.21. The number of amidine groups is 1. The Morgan fingerprint density at radius 2 is 2.00 bits per heavy atom. The summed E-state index contributed by atoms with van der Waals surface area (Å²) in [5, 5.41) is 28.4. The molecule has 0 saturated heterocycles. The maximum atomic E-state index is 9.70. The van der Waals surface area contributed by atoms with Crippen molar-refractivity contribution in [1.29, 1.82) is 0 Å². The fourth-order valence-corrected chi connectivity index (χ4v) is 2.12. The molecule has 3 unspecified atom stereocenters. The van der Waals surface area contributed by atoms with Crippen LogP contribution >= 0.6 is 0 Å². The standard InChI is InChI=1S/C9H16N2O4/c1-11(2)9-10-5-7(14)6(13)4(3-12)8(5)15-9/h4-8,12-14H,3H2,1-2H3/t4?,5-,6?,7?,8+/m1/s1. The molecule has 6 nitrogen and oxygen atoms in total. The number of hydrogen-bond donors (Lipinski definition) is 3. The van der Waals surface area contributed by atoms with Crippen LogP contribution in [0, 0.1) is 5.92 Å². The fraction of sp³-hybridized carbons (Fsp3) is 0.889. The summed E-state index contributed by atoms with van der Waals surface area (Å²) in [6.45, 7) is -0.213. The average molecular weight is 216 g/mol. The minimum Gasteiger partial charge on any atom is -0.459 e. The van der Waals surface area contributed by atoms with Crippen molar-refractivity contribution in [2.75, 3.05) is 20.7 Å². The zero-order valence-electron chi connectivity index (χ0n) is 8.74. The summed E-state index contributed by atoms with van der Waals surface area (Å²) in [6, 6.07) is -0.0241. The minimum atomic E-state index is -0.961. The van der Waals surface area contributed by atoms with Gasteiger partial charge in [-0.15, -0.1) is 0 Å². The van der Waals surface area contributed by atoms with E-state index in [1.807, 2.05) is 0 Å². The zero-order chi connectivity index (χ0) is 11.2. The fourth-order valence-electron chi connectivity index (χ4n) is 2.12. The average Bonchev–Trinajstić information content (AvgIpc) is 2.69. The summed E-state index contributed by atoms with van der Waals surface area (Å²) in [7, 11) is 3.58. The molecule has 2 rings (SSSR count). The second kappa shape index (κ2) is 3.62. The van der Waals surface area contributed by atoms with Gasteiger partial charge in [-0.3, -0.25) is 0 Å². The quantitative estimate of drug-likeness (QED) is 0.473. The number of fused-ring (bicyclic) bond motifs is 1. The van der Waals surface area contributed by atoms with E-state index in [0.717, 1.165) is 0 Å². The highest BCUT2D eigenvalue weighted by Gasteiger charge is 2.54. The van der Waals surface area contributed by atoms with Gasteiger partial charge in [0, 0.05) is 14.1 Å². The summed E-state index contributed by atoms with van der Waals surface area (Å²) < 4.78 is 5.49. The van der Waals surface area contributed by atoms with E-state index in [-0.39, 0.29) is 6.61 Å². The Morgan fingerprint density at radius 1 is 1.33 bits per heavy atom. The lowest BCUT2D eigenvalue weighted by molar-refractivity contribution is -0.00812. The molecular formula is C9H16N2O4. The number of hydrogen-bond acceptors (Lipinski definition) is 6. The van der Waals surface area contributed by atoms with Gasteiger partial charge in [0.2, 0.25) is 0 Å². The van der Waals surface area contributed by atoms with Gasteiger partial charge < -0.3 is 25.0 Å². The van der Waals surface area contributed by atoms with Crippen LogP contribution in [0.2, 0.25) is 0 Å². The van der Waals surface area contributed by atoms with Crippen molar-refractivity contribution >= 4 is 6.02 Å². The highest BCUT2D eigenvalue weighted by molar-refractivity contribution is 5.75. The predicted octanol–water partition coefficient (Wildman–Crippen LogP) is -1.98. The van der Waals surface area contributed by atoms with Crippen molar-refractivity contribution in [3.05, 3.63) is 0 Å². The molecule has 0 spiro atoms. The van der Waals surface area contributed by atoms with Gasteiger partial charge >= 0.3 is 0 Å². The van der Waals surface area contributed by atoms with Gasteiger partial charge in [-0.1, -0.05) is 0 Å². The number of aliphatic hydroxyl groups excluding tert-OH is 3. The van der Waals surface area contributed by atoms with Crippen LogP contribution in [0.4, 0.5) is 0 Å². The lowest BCUT2D eigenvalue weighted by Gasteiger charge is -2.20. The van der Waals surface area contributed by atoms with Crippen LogP contribution < -0.4 is 0 Å². The molecule has 0 aromatic carbocycles. The van der Waals surface area contributed by atoms with Crippen molar-refractivity contribution < 1.29 is 20.1 Å². The van der Waals surface area contributed by atoms with Gasteiger partial charge in [-0.2, -0.15) is 0 Å². The van der Waals surface area contributed by atoms with E-state index in [2.05, 4.69) is 4.99 Å². The van der Waals surface area contributed by atoms with E-state index >= 15 is 0 Å². The van der Waals surface area contributed by atoms with Gasteiger partial charge in [-0.05, 0) is 0 Å². The van der Waals surface area contributed by atoms with Crippen molar-refractivity contribution in [2.45, 2.75) is 24.4 Å². The SMILES string of the molecule is CN(C)C1=N[C@@H]2C(O)C(O)C(CO)[C@@H]2O1. The third kappa shape index (κ3) is 1.49. The number of ether oxygens (including phenoxy) is 1. The molecule has 3 N–H and O–H groups in total. The Labute approximate surface area is 87.8 Å². The largest absolute Gasteiger partial charge is 0.459 e. The van der Waals surface area contributed by atoms with E-state index in [0.29, 0.717) is 6.02 Å². The molecule has 6 heteroatoms. The van der Waals surface area contributed by atoms with E-state index in [9.17, 15) is 10.2 Å². The van der Waals surface area contributed by atoms with E-state index in [1.165, 1.54) is 0 Å². The molecule has 0 aromatic heterocycles. The van der Waals surface area contributed by atoms with Crippen LogP contribution in [0.3, 0.4) is 0 Å². The van der Waals surface area contributed by atoms with Crippen molar-refractivity contribution in [2.24, 2.45) is 10.9 Å². The van der Waals surface area contributed by atoms with Gasteiger partial charge in [-0.25, -0.2) is 4.99 Å². The minimum absolute atomic E-state index is 0.213. The Kier molecular flexibility index (Phi) is 2.57. The molecule has 1 saturated carbocycles. The van der Waals surface area contributed by atoms with Crippen LogP contribution in [-0.4, -0.2) is 71.3 Å². The summed E-state index contributed by atoms with van der Waals surface area (Å²) in [5.74, 6) is -0.466. The molecule has 86 valence electrons. The molecule has 1 aliphatic carbocycles. The first-order chi connectivity index (χ1) is 7.06. The molecule has 15 heavy (non-hydrogen) atoms. The van der Waals surface area contributed by atoms with Crippen LogP contribution in [0.1, 0.15) is 0 Å². The van der Waals surface area contributed by atoms with Crippen LogP contribution in [-0.2, 0) is 4.74 Å². The third-order valence-corrected chi connectivity index (χ3v) is 2.99. The lowest BCUT2D eigenvalue weighted by atomic mass is 10.1. The van der Waals surface area contributed by atoms with Gasteiger partial charge in [0.15, 0.2) is 0 Å². The molecule has 1 aliphatic heterocycles. The van der Waals surface area contributed by atoms with Gasteiger partial charge in [0.1, 0.15) is 18.2 Å². The number of aliphatic imine (C=N–C) groups is 1. The Morgan fingerprint density at radius 3 is 2.53 bits per heavy atom. The first kappa shape index (κ1) is 10.7. The summed E-state index contributed by atoms with van der Waals surface area (Å²) in [4.78, 5) is 5.88. The Bertz CT molecular complexity index is 281. The van der Waals surface area contributed by atoms with Gasteiger partial charge in [0.05, 0.1) is 18.6 Å². The van der Waals surface area contributed by atoms with E-state index in [4.69, 9.17) is 9.84 Å². The summed E-state index contributed by atoms with van der Waals surface area (Å²) >= 11 is 0. The predicted molar refractivity (Wildman–Crippen MR) is 52.4 cm³/mol. The van der Waals surface area contributed by atoms with Crippen LogP contribution in [0.25, 0.3) is 0 Å². The lowest BCUT2D eigenvalue weighted by Crippen LogP contribution is -2.34.